The Morgan fingerprint density at radius 1 is 1.06 bits per heavy atom. The van der Waals surface area contributed by atoms with Gasteiger partial charge in [-0.15, -0.1) is 0 Å². The van der Waals surface area contributed by atoms with Crippen molar-refractivity contribution in [1.29, 1.82) is 0 Å². The number of rotatable bonds is 5. The molecule has 5 rings (SSSR count). The summed E-state index contributed by atoms with van der Waals surface area (Å²) in [5, 5.41) is 17.1. The first-order valence-electron chi connectivity index (χ1n) is 10.6. The Morgan fingerprint density at radius 2 is 1.76 bits per heavy atom. The zero-order valence-corrected chi connectivity index (χ0v) is 18.6. The van der Waals surface area contributed by atoms with Crippen LogP contribution in [0.5, 0.6) is 5.75 Å². The van der Waals surface area contributed by atoms with Crippen LogP contribution in [0.2, 0.25) is 0 Å². The number of amides is 1. The van der Waals surface area contributed by atoms with Crippen molar-refractivity contribution < 1.29 is 14.6 Å². The van der Waals surface area contributed by atoms with E-state index >= 15 is 0 Å². The summed E-state index contributed by atoms with van der Waals surface area (Å²) in [6.45, 7) is 2.93. The summed E-state index contributed by atoms with van der Waals surface area (Å²) >= 11 is 1.52. The molecule has 1 amide bonds. The summed E-state index contributed by atoms with van der Waals surface area (Å²) in [7, 11) is 0. The van der Waals surface area contributed by atoms with Gasteiger partial charge in [0.1, 0.15) is 5.75 Å². The summed E-state index contributed by atoms with van der Waals surface area (Å²) in [5.41, 5.74) is 4.50. The Kier molecular flexibility index (Phi) is 6.01. The van der Waals surface area contributed by atoms with E-state index in [4.69, 9.17) is 9.72 Å². The average Bonchev–Trinajstić information content (AvgIpc) is 3.29. The molecule has 2 heterocycles. The van der Waals surface area contributed by atoms with Crippen LogP contribution in [0.15, 0.2) is 71.8 Å². The Labute approximate surface area is 195 Å². The molecule has 1 saturated heterocycles. The van der Waals surface area contributed by atoms with Gasteiger partial charge in [-0.2, -0.15) is 5.10 Å². The Balaban J connectivity index is 1.40. The number of carbonyl (C=O) groups is 1. The van der Waals surface area contributed by atoms with Crippen LogP contribution in [0.1, 0.15) is 15.2 Å². The number of thiazole rings is 1. The second-order valence-corrected chi connectivity index (χ2v) is 8.60. The molecule has 1 fully saturated rings. The zero-order valence-electron chi connectivity index (χ0n) is 17.8. The van der Waals surface area contributed by atoms with E-state index in [2.05, 4.69) is 15.4 Å². The number of hydrazone groups is 1. The second-order valence-electron chi connectivity index (χ2n) is 7.59. The van der Waals surface area contributed by atoms with Gasteiger partial charge in [0.25, 0.3) is 5.91 Å². The number of carbonyl (C=O) groups excluding carboxylic acids is 1. The molecule has 1 aliphatic heterocycles. The van der Waals surface area contributed by atoms with E-state index in [9.17, 15) is 9.90 Å². The van der Waals surface area contributed by atoms with Gasteiger partial charge in [-0.25, -0.2) is 10.4 Å². The summed E-state index contributed by atoms with van der Waals surface area (Å²) < 4.78 is 5.45. The minimum Gasteiger partial charge on any atom is -0.507 e. The van der Waals surface area contributed by atoms with Gasteiger partial charge in [0.2, 0.25) is 0 Å². The lowest BCUT2D eigenvalue weighted by molar-refractivity contribution is 0.0952. The van der Waals surface area contributed by atoms with Crippen molar-refractivity contribution in [2.45, 2.75) is 0 Å². The molecule has 3 aromatic carbocycles. The van der Waals surface area contributed by atoms with Crippen molar-refractivity contribution >= 4 is 39.4 Å². The van der Waals surface area contributed by atoms with Gasteiger partial charge in [0.05, 0.1) is 35.6 Å². The van der Waals surface area contributed by atoms with E-state index in [0.717, 1.165) is 45.1 Å². The molecule has 0 bridgehead atoms. The fraction of sp³-hybridized carbons (Fsp3) is 0.160. The van der Waals surface area contributed by atoms with Crippen molar-refractivity contribution in [2.75, 3.05) is 31.2 Å². The lowest BCUT2D eigenvalue weighted by Crippen LogP contribution is -2.36. The van der Waals surface area contributed by atoms with Crippen LogP contribution in [0, 0.1) is 0 Å². The maximum absolute atomic E-state index is 12.7. The van der Waals surface area contributed by atoms with Gasteiger partial charge in [0.15, 0.2) is 5.13 Å². The summed E-state index contributed by atoms with van der Waals surface area (Å²) in [6.07, 6.45) is 1.61. The quantitative estimate of drug-likeness (QED) is 0.345. The number of phenolic OH excluding ortho intramolecular Hbond substituents is 1. The minimum atomic E-state index is -0.478. The standard InChI is InChI=1S/C25H22N4O3S/c30-21-15-19-9-5-4-8-18(19)14-20(21)24(31)28-26-16-22-23(17-6-2-1-3-7-17)27-25(33-22)29-10-12-32-13-11-29/h1-9,14-16,30H,10-13H2,(H,28,31)/b26-16-. The molecule has 33 heavy (non-hydrogen) atoms. The fourth-order valence-electron chi connectivity index (χ4n) is 3.72. The molecule has 0 atom stereocenters. The third-order valence-electron chi connectivity index (χ3n) is 5.43. The normalized spacial score (nSPS) is 14.1. The average molecular weight is 459 g/mol. The first-order chi connectivity index (χ1) is 16.2. The highest BCUT2D eigenvalue weighted by Crippen LogP contribution is 2.32. The van der Waals surface area contributed by atoms with Crippen LogP contribution < -0.4 is 10.3 Å². The Hall–Kier alpha value is -3.75. The van der Waals surface area contributed by atoms with Crippen LogP contribution in [0.4, 0.5) is 5.13 Å². The largest absolute Gasteiger partial charge is 0.507 e. The third-order valence-corrected chi connectivity index (χ3v) is 6.48. The molecule has 0 radical (unpaired) electrons. The minimum absolute atomic E-state index is 0.0845. The van der Waals surface area contributed by atoms with Crippen LogP contribution >= 0.6 is 11.3 Å². The van der Waals surface area contributed by atoms with E-state index in [1.54, 1.807) is 18.3 Å². The van der Waals surface area contributed by atoms with Crippen LogP contribution in [0.3, 0.4) is 0 Å². The predicted molar refractivity (Wildman–Crippen MR) is 131 cm³/mol. The monoisotopic (exact) mass is 458 g/mol. The SMILES string of the molecule is O=C(N/N=C\c1sc(N2CCOCC2)nc1-c1ccccc1)c1cc2ccccc2cc1O. The van der Waals surface area contributed by atoms with Crippen LogP contribution in [-0.2, 0) is 4.74 Å². The van der Waals surface area contributed by atoms with Crippen LogP contribution in [0.25, 0.3) is 22.0 Å². The number of aromatic nitrogens is 1. The fourth-order valence-corrected chi connectivity index (χ4v) is 4.73. The van der Waals surface area contributed by atoms with Gasteiger partial charge in [-0.1, -0.05) is 65.9 Å². The molecule has 1 aliphatic rings. The number of hydrogen-bond acceptors (Lipinski definition) is 7. The molecule has 1 aromatic heterocycles. The maximum atomic E-state index is 12.7. The van der Waals surface area contributed by atoms with E-state index in [1.807, 2.05) is 54.6 Å². The molecule has 4 aromatic rings. The first kappa shape index (κ1) is 21.1. The number of anilines is 1. The smallest absolute Gasteiger partial charge is 0.275 e. The molecule has 0 unspecified atom stereocenters. The van der Waals surface area contributed by atoms with E-state index in [-0.39, 0.29) is 11.3 Å². The molecule has 0 saturated carbocycles. The number of nitrogens with zero attached hydrogens (tertiary/aromatic N) is 3. The molecule has 7 nitrogen and oxygen atoms in total. The highest BCUT2D eigenvalue weighted by Gasteiger charge is 2.19. The van der Waals surface area contributed by atoms with Gasteiger partial charge in [0, 0.05) is 18.7 Å². The molecular weight excluding hydrogens is 436 g/mol. The predicted octanol–water partition coefficient (Wildman–Crippen LogP) is 4.27. The number of ether oxygens (including phenoxy) is 1. The molecule has 0 spiro atoms. The number of phenols is 1. The molecule has 0 aliphatic carbocycles. The van der Waals surface area contributed by atoms with Crippen molar-refractivity contribution in [1.82, 2.24) is 10.4 Å². The van der Waals surface area contributed by atoms with Gasteiger partial charge in [-0.05, 0) is 22.9 Å². The van der Waals surface area contributed by atoms with Gasteiger partial charge >= 0.3 is 0 Å². The van der Waals surface area contributed by atoms with E-state index in [0.29, 0.717) is 13.2 Å². The molecule has 166 valence electrons. The van der Waals surface area contributed by atoms with Crippen molar-refractivity contribution in [3.8, 4) is 17.0 Å². The lowest BCUT2D eigenvalue weighted by Gasteiger charge is -2.26. The Morgan fingerprint density at radius 3 is 2.52 bits per heavy atom. The number of morpholine rings is 1. The first-order valence-corrected chi connectivity index (χ1v) is 11.4. The molecule has 8 heteroatoms. The van der Waals surface area contributed by atoms with Gasteiger partial charge < -0.3 is 14.7 Å². The van der Waals surface area contributed by atoms with Crippen molar-refractivity contribution in [3.05, 3.63) is 77.2 Å². The zero-order chi connectivity index (χ0) is 22.6. The highest BCUT2D eigenvalue weighted by atomic mass is 32.1. The van der Waals surface area contributed by atoms with Gasteiger partial charge in [-0.3, -0.25) is 4.79 Å². The van der Waals surface area contributed by atoms with Crippen LogP contribution in [-0.4, -0.2) is 48.5 Å². The number of nitrogens with one attached hydrogen (secondary N) is 1. The second kappa shape index (κ2) is 9.40. The maximum Gasteiger partial charge on any atom is 0.275 e. The third kappa shape index (κ3) is 4.57. The number of fused-ring (bicyclic) bond motifs is 1. The Bertz CT molecular complexity index is 1310. The topological polar surface area (TPSA) is 87.1 Å². The van der Waals surface area contributed by atoms with E-state index < -0.39 is 5.91 Å². The lowest BCUT2D eigenvalue weighted by atomic mass is 10.1. The summed E-state index contributed by atoms with van der Waals surface area (Å²) in [6, 6.07) is 20.7. The number of hydrogen-bond donors (Lipinski definition) is 2. The summed E-state index contributed by atoms with van der Waals surface area (Å²) in [5.74, 6) is -0.563. The summed E-state index contributed by atoms with van der Waals surface area (Å²) in [4.78, 5) is 20.6. The van der Waals surface area contributed by atoms with Crippen molar-refractivity contribution in [3.63, 3.8) is 0 Å². The highest BCUT2D eigenvalue weighted by molar-refractivity contribution is 7.17. The number of aromatic hydroxyl groups is 1. The molecule has 2 N–H and O–H groups in total. The van der Waals surface area contributed by atoms with Crippen molar-refractivity contribution in [2.24, 2.45) is 5.10 Å². The number of benzene rings is 3. The van der Waals surface area contributed by atoms with E-state index in [1.165, 1.54) is 11.3 Å². The molecular formula is C25H22N4O3S.